The Labute approximate surface area is 314 Å². The number of H-pyrrole nitrogens is 1. The molecule has 0 aliphatic heterocycles. The Morgan fingerprint density at radius 1 is 0.593 bits per heavy atom. The predicted molar refractivity (Wildman–Crippen MR) is 224 cm³/mol. The monoisotopic (exact) mass is 695 g/mol. The number of aryl methyl sites for hydroxylation is 1. The lowest BCUT2D eigenvalue weighted by Crippen LogP contribution is -2.22. The number of benzene rings is 5. The maximum atomic E-state index is 4.64. The number of nitrogens with zero attached hydrogens (tertiary/aromatic N) is 4. The number of hydrogen-bond acceptors (Lipinski definition) is 3. The molecular weight excluding hydrogens is 659 g/mol. The van der Waals surface area contributed by atoms with Gasteiger partial charge in [0.05, 0.1) is 22.6 Å². The van der Waals surface area contributed by atoms with Crippen molar-refractivity contribution in [1.29, 1.82) is 0 Å². The number of nitrogens with one attached hydrogen (secondary N) is 1. The molecular formula is C49H37N5. The lowest BCUT2D eigenvalue weighted by molar-refractivity contribution is 1.09. The summed E-state index contributed by atoms with van der Waals surface area (Å²) >= 11 is 0. The van der Waals surface area contributed by atoms with E-state index in [4.69, 9.17) is 0 Å². The quantitative estimate of drug-likeness (QED) is 0.172. The third-order valence-electron chi connectivity index (χ3n) is 9.98. The molecule has 4 aromatic heterocycles. The van der Waals surface area contributed by atoms with E-state index in [2.05, 4.69) is 171 Å². The van der Waals surface area contributed by atoms with E-state index in [1.54, 1.807) is 0 Å². The molecule has 0 aliphatic rings. The molecule has 0 aliphatic carbocycles. The van der Waals surface area contributed by atoms with Crippen molar-refractivity contribution in [2.24, 2.45) is 0 Å². The van der Waals surface area contributed by atoms with Crippen molar-refractivity contribution in [3.05, 3.63) is 204 Å². The Morgan fingerprint density at radius 3 is 1.89 bits per heavy atom. The third-order valence-corrected chi connectivity index (χ3v) is 9.98. The molecule has 0 spiro atoms. The summed E-state index contributed by atoms with van der Waals surface area (Å²) < 4.78 is 2.35. The van der Waals surface area contributed by atoms with Crippen LogP contribution in [0.4, 0.5) is 17.2 Å². The molecule has 9 rings (SSSR count). The molecule has 1 N–H and O–H groups in total. The van der Waals surface area contributed by atoms with E-state index in [9.17, 15) is 0 Å². The molecule has 0 atom stereocenters. The third kappa shape index (κ3) is 6.18. The molecule has 0 saturated carbocycles. The Bertz CT molecular complexity index is 2770. The van der Waals surface area contributed by atoms with E-state index in [0.717, 1.165) is 78.3 Å². The van der Waals surface area contributed by atoms with Gasteiger partial charge in [0.1, 0.15) is 5.82 Å². The van der Waals surface area contributed by atoms with Gasteiger partial charge >= 0.3 is 0 Å². The predicted octanol–water partition coefficient (Wildman–Crippen LogP) is 10.8. The van der Waals surface area contributed by atoms with Crippen molar-refractivity contribution in [3.63, 3.8) is 0 Å². The summed E-state index contributed by atoms with van der Waals surface area (Å²) in [7, 11) is 0. The molecule has 0 bridgehead atoms. The van der Waals surface area contributed by atoms with Crippen LogP contribution in [0.5, 0.6) is 0 Å². The molecule has 5 aromatic carbocycles. The minimum atomic E-state index is 0.926. The fourth-order valence-corrected chi connectivity index (χ4v) is 7.27. The van der Waals surface area contributed by atoms with Crippen molar-refractivity contribution >= 4 is 40.8 Å². The van der Waals surface area contributed by atoms with Crippen LogP contribution in [0.1, 0.15) is 11.3 Å². The lowest BCUT2D eigenvalue weighted by atomic mass is 10.1. The lowest BCUT2D eigenvalue weighted by Gasteiger charge is -2.25. The molecule has 0 unspecified atom stereocenters. The maximum Gasteiger partial charge on any atom is 0.115 e. The molecule has 0 amide bonds. The van der Waals surface area contributed by atoms with E-state index in [-0.39, 0.29) is 0 Å². The van der Waals surface area contributed by atoms with Crippen molar-refractivity contribution in [2.75, 3.05) is 4.90 Å². The molecule has 258 valence electrons. The second kappa shape index (κ2) is 14.1. The van der Waals surface area contributed by atoms with Gasteiger partial charge in [-0.05, 0) is 119 Å². The second-order valence-electron chi connectivity index (χ2n) is 13.4. The molecule has 4 heterocycles. The van der Waals surface area contributed by atoms with E-state index < -0.39 is 0 Å². The summed E-state index contributed by atoms with van der Waals surface area (Å²) in [5, 5.41) is 3.31. The Morgan fingerprint density at radius 2 is 1.24 bits per heavy atom. The van der Waals surface area contributed by atoms with Crippen molar-refractivity contribution < 1.29 is 0 Å². The van der Waals surface area contributed by atoms with Crippen molar-refractivity contribution in [1.82, 2.24) is 19.5 Å². The zero-order valence-corrected chi connectivity index (χ0v) is 29.9. The Hall–Kier alpha value is -7.24. The van der Waals surface area contributed by atoms with Gasteiger partial charge < -0.3 is 9.55 Å². The first-order valence-electron chi connectivity index (χ1n) is 18.1. The summed E-state index contributed by atoms with van der Waals surface area (Å²) in [6.45, 7) is 6.52. The van der Waals surface area contributed by atoms with Crippen LogP contribution in [0.15, 0.2) is 182 Å². The largest absolute Gasteiger partial charge is 0.341 e. The van der Waals surface area contributed by atoms with Crippen LogP contribution in [-0.2, 0) is 0 Å². The van der Waals surface area contributed by atoms with Crippen LogP contribution in [0.25, 0.3) is 63.0 Å². The number of fused-ring (bicyclic) bond motifs is 1. The summed E-state index contributed by atoms with van der Waals surface area (Å²) in [4.78, 5) is 15.3. The number of aromatic amines is 1. The van der Waals surface area contributed by atoms with E-state index in [1.165, 1.54) is 10.9 Å². The zero-order chi connectivity index (χ0) is 36.4. The molecule has 0 fully saturated rings. The van der Waals surface area contributed by atoms with E-state index in [1.807, 2.05) is 54.9 Å². The SMILES string of the molecule is C=c1cccc/c1=C/c1c(C)c2cc(-c3ccc(N(c4cccc(-c5ccccn5)c4)c4cccc(-c5ccccn5)c4)[nH]3)ccc2n1-c1ccccc1. The molecule has 5 nitrogen and oxygen atoms in total. The van der Waals surface area contributed by atoms with Crippen LogP contribution in [0.3, 0.4) is 0 Å². The number of rotatable bonds is 8. The average Bonchev–Trinajstić information content (AvgIpc) is 3.82. The van der Waals surface area contributed by atoms with E-state index in [0.29, 0.717) is 0 Å². The first-order valence-corrected chi connectivity index (χ1v) is 18.1. The Kier molecular flexibility index (Phi) is 8.50. The maximum absolute atomic E-state index is 4.64. The van der Waals surface area contributed by atoms with Gasteiger partial charge in [0.25, 0.3) is 0 Å². The van der Waals surface area contributed by atoms with Gasteiger partial charge in [-0.2, -0.15) is 0 Å². The number of anilines is 3. The fraction of sp³-hybridized carbons (Fsp3) is 0.0204. The van der Waals surface area contributed by atoms with Crippen LogP contribution in [0.2, 0.25) is 0 Å². The number of para-hydroxylation sites is 1. The van der Waals surface area contributed by atoms with Gasteiger partial charge in [0, 0.05) is 51.7 Å². The van der Waals surface area contributed by atoms with Crippen LogP contribution in [-0.4, -0.2) is 19.5 Å². The highest BCUT2D eigenvalue weighted by Gasteiger charge is 2.19. The van der Waals surface area contributed by atoms with Gasteiger partial charge in [-0.3, -0.25) is 14.9 Å². The van der Waals surface area contributed by atoms with Gasteiger partial charge in [0.2, 0.25) is 0 Å². The van der Waals surface area contributed by atoms with Crippen molar-refractivity contribution in [3.8, 4) is 39.5 Å². The Balaban J connectivity index is 1.17. The minimum absolute atomic E-state index is 0.926. The zero-order valence-electron chi connectivity index (χ0n) is 29.9. The first-order chi connectivity index (χ1) is 26.6. The standard InChI is InChI=1S/C49H37N5/c1-34-14-6-7-15-36(34)33-48-35(2)43-32-39(24-26-47(43)54(48)40-18-4-3-5-19-40)46-25-27-49(52-46)53(41-20-12-16-37(30-41)44-22-8-10-28-50-44)42-21-13-17-38(31-42)45-23-9-11-29-51-45/h3-33,52H,1H2,2H3/b36-33-. The molecule has 54 heavy (non-hydrogen) atoms. The van der Waals surface area contributed by atoms with Crippen LogP contribution in [0, 0.1) is 6.92 Å². The summed E-state index contributed by atoms with van der Waals surface area (Å²) in [6, 6.07) is 59.0. The number of aromatic nitrogens is 4. The second-order valence-corrected chi connectivity index (χ2v) is 13.4. The molecule has 5 heteroatoms. The normalized spacial score (nSPS) is 11.6. The topological polar surface area (TPSA) is 49.7 Å². The molecule has 0 radical (unpaired) electrons. The van der Waals surface area contributed by atoms with Gasteiger partial charge in [-0.25, -0.2) is 0 Å². The van der Waals surface area contributed by atoms with Crippen LogP contribution < -0.4 is 15.3 Å². The smallest absolute Gasteiger partial charge is 0.115 e. The summed E-state index contributed by atoms with van der Waals surface area (Å²) in [5.74, 6) is 0.945. The highest BCUT2D eigenvalue weighted by Crippen LogP contribution is 2.39. The average molecular weight is 696 g/mol. The molecule has 0 saturated heterocycles. The van der Waals surface area contributed by atoms with Crippen LogP contribution >= 0.6 is 0 Å². The first kappa shape index (κ1) is 32.7. The van der Waals surface area contributed by atoms with Gasteiger partial charge in [-0.15, -0.1) is 0 Å². The van der Waals surface area contributed by atoms with E-state index >= 15 is 0 Å². The highest BCUT2D eigenvalue weighted by molar-refractivity contribution is 5.93. The molecule has 9 aromatic rings. The fourth-order valence-electron chi connectivity index (χ4n) is 7.27. The number of hydrogen-bond donors (Lipinski definition) is 1. The number of pyridine rings is 2. The summed E-state index contributed by atoms with van der Waals surface area (Å²) in [5.41, 5.74) is 12.7. The van der Waals surface area contributed by atoms with Gasteiger partial charge in [-0.1, -0.05) is 91.5 Å². The minimum Gasteiger partial charge on any atom is -0.341 e. The highest BCUT2D eigenvalue weighted by atomic mass is 15.2. The summed E-state index contributed by atoms with van der Waals surface area (Å²) in [6.07, 6.45) is 5.93. The van der Waals surface area contributed by atoms with Crippen molar-refractivity contribution in [2.45, 2.75) is 6.92 Å². The van der Waals surface area contributed by atoms with Gasteiger partial charge in [0.15, 0.2) is 0 Å².